The molecule has 100 valence electrons. The number of ether oxygens (including phenoxy) is 1. The van der Waals surface area contributed by atoms with Gasteiger partial charge in [0.25, 0.3) is 5.91 Å². The van der Waals surface area contributed by atoms with E-state index in [1.807, 2.05) is 26.8 Å². The SMILES string of the molecule is CCC(C)(OC)C(=O)Nc1cc(N)c(C)cc1C. The summed E-state index contributed by atoms with van der Waals surface area (Å²) in [6.45, 7) is 7.58. The number of carbonyl (C=O) groups excluding carboxylic acids is 1. The third-order valence-electron chi connectivity index (χ3n) is 3.47. The molecule has 0 radical (unpaired) electrons. The predicted octanol–water partition coefficient (Wildman–Crippen LogP) is 2.64. The largest absolute Gasteiger partial charge is 0.398 e. The Hall–Kier alpha value is -1.55. The van der Waals surface area contributed by atoms with Crippen molar-refractivity contribution in [3.8, 4) is 0 Å². The maximum absolute atomic E-state index is 12.2. The molecule has 0 aliphatic carbocycles. The van der Waals surface area contributed by atoms with E-state index in [1.54, 1.807) is 20.1 Å². The number of amides is 1. The number of hydrogen-bond acceptors (Lipinski definition) is 3. The van der Waals surface area contributed by atoms with E-state index in [0.717, 1.165) is 16.8 Å². The Labute approximate surface area is 109 Å². The van der Waals surface area contributed by atoms with Gasteiger partial charge in [0.05, 0.1) is 0 Å². The average molecular weight is 250 g/mol. The van der Waals surface area contributed by atoms with E-state index in [0.29, 0.717) is 12.1 Å². The number of nitrogens with two attached hydrogens (primary N) is 1. The van der Waals surface area contributed by atoms with E-state index in [4.69, 9.17) is 10.5 Å². The van der Waals surface area contributed by atoms with Crippen LogP contribution in [0.3, 0.4) is 0 Å². The van der Waals surface area contributed by atoms with Crippen LogP contribution in [0.25, 0.3) is 0 Å². The average Bonchev–Trinajstić information content (AvgIpc) is 2.34. The minimum Gasteiger partial charge on any atom is -0.398 e. The number of anilines is 2. The number of nitrogens with one attached hydrogen (secondary N) is 1. The first-order valence-electron chi connectivity index (χ1n) is 6.07. The summed E-state index contributed by atoms with van der Waals surface area (Å²) in [7, 11) is 1.54. The number of methoxy groups -OCH3 is 1. The van der Waals surface area contributed by atoms with Crippen molar-refractivity contribution in [1.82, 2.24) is 0 Å². The summed E-state index contributed by atoms with van der Waals surface area (Å²) in [6, 6.07) is 3.75. The highest BCUT2D eigenvalue weighted by Crippen LogP contribution is 2.24. The molecule has 4 nitrogen and oxygen atoms in total. The molecule has 1 amide bonds. The highest BCUT2D eigenvalue weighted by atomic mass is 16.5. The summed E-state index contributed by atoms with van der Waals surface area (Å²) < 4.78 is 5.27. The fourth-order valence-corrected chi connectivity index (χ4v) is 1.66. The lowest BCUT2D eigenvalue weighted by atomic mass is 10.0. The van der Waals surface area contributed by atoms with Crippen molar-refractivity contribution in [3.63, 3.8) is 0 Å². The van der Waals surface area contributed by atoms with Crippen molar-refractivity contribution in [1.29, 1.82) is 0 Å². The number of rotatable bonds is 4. The molecule has 0 aromatic heterocycles. The zero-order chi connectivity index (χ0) is 13.9. The second-order valence-electron chi connectivity index (χ2n) is 4.77. The Bertz CT molecular complexity index is 451. The minimum atomic E-state index is -0.813. The Morgan fingerprint density at radius 2 is 2.00 bits per heavy atom. The van der Waals surface area contributed by atoms with E-state index in [2.05, 4.69) is 5.32 Å². The summed E-state index contributed by atoms with van der Waals surface area (Å²) >= 11 is 0. The van der Waals surface area contributed by atoms with Crippen molar-refractivity contribution in [3.05, 3.63) is 23.3 Å². The van der Waals surface area contributed by atoms with Crippen LogP contribution in [-0.4, -0.2) is 18.6 Å². The van der Waals surface area contributed by atoms with Gasteiger partial charge >= 0.3 is 0 Å². The number of aryl methyl sites for hydroxylation is 2. The Balaban J connectivity index is 2.98. The van der Waals surface area contributed by atoms with Crippen molar-refractivity contribution >= 4 is 17.3 Å². The predicted molar refractivity (Wildman–Crippen MR) is 74.7 cm³/mol. The molecule has 1 aromatic rings. The lowest BCUT2D eigenvalue weighted by Gasteiger charge is -2.25. The van der Waals surface area contributed by atoms with Gasteiger partial charge in [-0.15, -0.1) is 0 Å². The van der Waals surface area contributed by atoms with Gasteiger partial charge < -0.3 is 15.8 Å². The first kappa shape index (κ1) is 14.5. The van der Waals surface area contributed by atoms with Gasteiger partial charge in [0.15, 0.2) is 0 Å². The molecule has 1 atom stereocenters. The van der Waals surface area contributed by atoms with Crippen molar-refractivity contribution in [2.45, 2.75) is 39.7 Å². The van der Waals surface area contributed by atoms with Crippen molar-refractivity contribution in [2.75, 3.05) is 18.2 Å². The van der Waals surface area contributed by atoms with E-state index in [9.17, 15) is 4.79 Å². The zero-order valence-electron chi connectivity index (χ0n) is 11.8. The monoisotopic (exact) mass is 250 g/mol. The summed E-state index contributed by atoms with van der Waals surface area (Å²) in [4.78, 5) is 12.2. The molecule has 1 aromatic carbocycles. The normalized spacial score (nSPS) is 14.1. The molecule has 18 heavy (non-hydrogen) atoms. The first-order chi connectivity index (χ1) is 8.34. The third kappa shape index (κ3) is 2.82. The first-order valence-corrected chi connectivity index (χ1v) is 6.07. The standard InChI is InChI=1S/C14H22N2O2/c1-6-14(4,18-5)13(17)16-12-8-11(15)9(2)7-10(12)3/h7-8H,6,15H2,1-5H3,(H,16,17). The van der Waals surface area contributed by atoms with Crippen LogP contribution in [0.1, 0.15) is 31.4 Å². The van der Waals surface area contributed by atoms with Crippen molar-refractivity contribution in [2.24, 2.45) is 0 Å². The highest BCUT2D eigenvalue weighted by molar-refractivity contribution is 5.98. The number of carbonyl (C=O) groups is 1. The quantitative estimate of drug-likeness (QED) is 0.807. The molecule has 0 saturated carbocycles. The Morgan fingerprint density at radius 1 is 1.39 bits per heavy atom. The van der Waals surface area contributed by atoms with E-state index < -0.39 is 5.60 Å². The van der Waals surface area contributed by atoms with Crippen LogP contribution in [0.15, 0.2) is 12.1 Å². The second-order valence-corrected chi connectivity index (χ2v) is 4.77. The minimum absolute atomic E-state index is 0.154. The summed E-state index contributed by atoms with van der Waals surface area (Å²) in [6.07, 6.45) is 0.607. The maximum atomic E-state index is 12.2. The van der Waals surface area contributed by atoms with Gasteiger partial charge in [-0.2, -0.15) is 0 Å². The number of nitrogen functional groups attached to an aromatic ring is 1. The van der Waals surface area contributed by atoms with E-state index in [1.165, 1.54) is 0 Å². The molecule has 0 spiro atoms. The molecular formula is C14H22N2O2. The van der Waals surface area contributed by atoms with Gasteiger partial charge in [-0.1, -0.05) is 13.0 Å². The zero-order valence-corrected chi connectivity index (χ0v) is 11.8. The molecule has 0 heterocycles. The summed E-state index contributed by atoms with van der Waals surface area (Å²) in [5.41, 5.74) is 8.45. The van der Waals surface area contributed by atoms with Crippen LogP contribution in [0, 0.1) is 13.8 Å². The molecule has 1 rings (SSSR count). The molecule has 1 unspecified atom stereocenters. The molecule has 0 fully saturated rings. The van der Waals surface area contributed by atoms with Crippen LogP contribution >= 0.6 is 0 Å². The molecule has 3 N–H and O–H groups in total. The van der Waals surface area contributed by atoms with Gasteiger partial charge in [-0.3, -0.25) is 4.79 Å². The Morgan fingerprint density at radius 3 is 2.50 bits per heavy atom. The smallest absolute Gasteiger partial charge is 0.256 e. The lowest BCUT2D eigenvalue weighted by molar-refractivity contribution is -0.136. The van der Waals surface area contributed by atoms with Gasteiger partial charge in [-0.25, -0.2) is 0 Å². The molecule has 0 aliphatic heterocycles. The Kier molecular flexibility index (Phi) is 4.35. The van der Waals surface area contributed by atoms with Crippen LogP contribution < -0.4 is 11.1 Å². The van der Waals surface area contributed by atoms with E-state index in [-0.39, 0.29) is 5.91 Å². The van der Waals surface area contributed by atoms with Gasteiger partial charge in [-0.05, 0) is 44.4 Å². The maximum Gasteiger partial charge on any atom is 0.256 e. The van der Waals surface area contributed by atoms with Crippen LogP contribution in [0.5, 0.6) is 0 Å². The fraction of sp³-hybridized carbons (Fsp3) is 0.500. The number of hydrogen-bond donors (Lipinski definition) is 2. The van der Waals surface area contributed by atoms with Crippen LogP contribution in [0.2, 0.25) is 0 Å². The van der Waals surface area contributed by atoms with Crippen molar-refractivity contribution < 1.29 is 9.53 Å². The van der Waals surface area contributed by atoms with Gasteiger partial charge in [0, 0.05) is 18.5 Å². The molecule has 0 aliphatic rings. The highest BCUT2D eigenvalue weighted by Gasteiger charge is 2.31. The molecule has 0 saturated heterocycles. The third-order valence-corrected chi connectivity index (χ3v) is 3.47. The lowest BCUT2D eigenvalue weighted by Crippen LogP contribution is -2.41. The van der Waals surface area contributed by atoms with Gasteiger partial charge in [0.1, 0.15) is 5.60 Å². The second kappa shape index (κ2) is 5.40. The molecule has 4 heteroatoms. The van der Waals surface area contributed by atoms with E-state index >= 15 is 0 Å². The van der Waals surface area contributed by atoms with Crippen LogP contribution in [0.4, 0.5) is 11.4 Å². The molecular weight excluding hydrogens is 228 g/mol. The summed E-state index contributed by atoms with van der Waals surface area (Å²) in [5, 5.41) is 2.88. The number of benzene rings is 1. The fourth-order valence-electron chi connectivity index (χ4n) is 1.66. The summed E-state index contributed by atoms with van der Waals surface area (Å²) in [5.74, 6) is -0.154. The van der Waals surface area contributed by atoms with Crippen LogP contribution in [-0.2, 0) is 9.53 Å². The van der Waals surface area contributed by atoms with Gasteiger partial charge in [0.2, 0.25) is 0 Å². The molecule has 0 bridgehead atoms. The topological polar surface area (TPSA) is 64.3 Å².